The van der Waals surface area contributed by atoms with Gasteiger partial charge in [-0.25, -0.2) is 4.98 Å². The minimum absolute atomic E-state index is 0. The molecular formula is C23H41IN6O. The zero-order chi connectivity index (χ0) is 21.2. The van der Waals surface area contributed by atoms with Gasteiger partial charge in [-0.05, 0) is 70.2 Å². The number of piperidine rings is 2. The zero-order valence-corrected chi connectivity index (χ0v) is 21.8. The number of halogens is 1. The van der Waals surface area contributed by atoms with Crippen molar-refractivity contribution in [3.05, 3.63) is 23.9 Å². The molecule has 1 aromatic heterocycles. The molecular weight excluding hydrogens is 503 g/mol. The molecule has 0 bridgehead atoms. The summed E-state index contributed by atoms with van der Waals surface area (Å²) in [5.74, 6) is 2.76. The first-order valence-electron chi connectivity index (χ1n) is 11.6. The summed E-state index contributed by atoms with van der Waals surface area (Å²) in [5.41, 5.74) is 1.21. The fraction of sp³-hybridized carbons (Fsp3) is 0.739. The fourth-order valence-corrected chi connectivity index (χ4v) is 4.25. The molecule has 0 aromatic carbocycles. The molecule has 7 nitrogen and oxygen atoms in total. The summed E-state index contributed by atoms with van der Waals surface area (Å²) < 4.78 is 5.20. The molecule has 176 valence electrons. The van der Waals surface area contributed by atoms with Crippen molar-refractivity contribution in [2.75, 3.05) is 64.4 Å². The quantitative estimate of drug-likeness (QED) is 0.298. The summed E-state index contributed by atoms with van der Waals surface area (Å²) in [4.78, 5) is 14.4. The van der Waals surface area contributed by atoms with Gasteiger partial charge >= 0.3 is 0 Å². The molecule has 2 N–H and O–H groups in total. The molecule has 0 unspecified atom stereocenters. The van der Waals surface area contributed by atoms with Crippen molar-refractivity contribution in [2.45, 2.75) is 45.6 Å². The number of aromatic nitrogens is 1. The van der Waals surface area contributed by atoms with Gasteiger partial charge in [0.2, 0.25) is 0 Å². The highest BCUT2D eigenvalue weighted by Gasteiger charge is 2.22. The Hall–Kier alpha value is -1.13. The number of nitrogens with zero attached hydrogens (tertiary/aromatic N) is 4. The van der Waals surface area contributed by atoms with Crippen LogP contribution < -0.4 is 15.5 Å². The molecule has 0 spiro atoms. The molecule has 0 atom stereocenters. The average Bonchev–Trinajstić information content (AvgIpc) is 2.78. The molecule has 0 radical (unpaired) electrons. The van der Waals surface area contributed by atoms with Gasteiger partial charge in [-0.15, -0.1) is 24.0 Å². The Bertz CT molecular complexity index is 640. The van der Waals surface area contributed by atoms with Gasteiger partial charge in [0, 0.05) is 52.1 Å². The number of methoxy groups -OCH3 is 1. The van der Waals surface area contributed by atoms with E-state index in [0.29, 0.717) is 12.0 Å². The summed E-state index contributed by atoms with van der Waals surface area (Å²) in [6.45, 7) is 12.3. The van der Waals surface area contributed by atoms with Crippen LogP contribution in [0.4, 0.5) is 5.82 Å². The van der Waals surface area contributed by atoms with E-state index in [4.69, 9.17) is 9.73 Å². The molecule has 31 heavy (non-hydrogen) atoms. The number of anilines is 1. The van der Waals surface area contributed by atoms with Gasteiger partial charge in [0.15, 0.2) is 5.96 Å². The second kappa shape index (κ2) is 14.1. The van der Waals surface area contributed by atoms with Gasteiger partial charge in [0.05, 0.1) is 6.61 Å². The van der Waals surface area contributed by atoms with Crippen LogP contribution in [0, 0.1) is 12.8 Å². The molecule has 0 aliphatic carbocycles. The van der Waals surface area contributed by atoms with Gasteiger partial charge in [-0.3, -0.25) is 4.99 Å². The molecule has 1 aromatic rings. The summed E-state index contributed by atoms with van der Waals surface area (Å²) in [6, 6.07) is 4.75. The predicted octanol–water partition coefficient (Wildman–Crippen LogP) is 2.89. The zero-order valence-electron chi connectivity index (χ0n) is 19.5. The van der Waals surface area contributed by atoms with E-state index in [1.165, 1.54) is 31.5 Å². The smallest absolute Gasteiger partial charge is 0.191 e. The molecule has 0 saturated carbocycles. The van der Waals surface area contributed by atoms with Gasteiger partial charge < -0.3 is 25.2 Å². The van der Waals surface area contributed by atoms with Gasteiger partial charge in [0.25, 0.3) is 0 Å². The van der Waals surface area contributed by atoms with Gasteiger partial charge in [0.1, 0.15) is 5.82 Å². The highest BCUT2D eigenvalue weighted by Crippen LogP contribution is 2.19. The third kappa shape index (κ3) is 8.73. The molecule has 3 heterocycles. The van der Waals surface area contributed by atoms with Crippen molar-refractivity contribution in [1.82, 2.24) is 20.5 Å². The lowest BCUT2D eigenvalue weighted by Crippen LogP contribution is -2.49. The topological polar surface area (TPSA) is 65.0 Å². The Labute approximate surface area is 205 Å². The highest BCUT2D eigenvalue weighted by atomic mass is 127. The molecule has 2 aliphatic rings. The molecule has 0 amide bonds. The maximum atomic E-state index is 5.20. The number of nitrogens with one attached hydrogen (secondary N) is 2. The van der Waals surface area contributed by atoms with E-state index < -0.39 is 0 Å². The Morgan fingerprint density at radius 2 is 1.90 bits per heavy atom. The number of rotatable bonds is 8. The van der Waals surface area contributed by atoms with Crippen molar-refractivity contribution in [3.63, 3.8) is 0 Å². The van der Waals surface area contributed by atoms with Crippen molar-refractivity contribution in [3.8, 4) is 0 Å². The third-order valence-corrected chi connectivity index (χ3v) is 6.23. The van der Waals surface area contributed by atoms with Crippen molar-refractivity contribution in [2.24, 2.45) is 10.9 Å². The summed E-state index contributed by atoms with van der Waals surface area (Å²) in [7, 11) is 1.78. The fourth-order valence-electron chi connectivity index (χ4n) is 4.25. The van der Waals surface area contributed by atoms with E-state index in [1.807, 2.05) is 6.20 Å². The Morgan fingerprint density at radius 1 is 1.16 bits per heavy atom. The second-order valence-electron chi connectivity index (χ2n) is 8.60. The largest absolute Gasteiger partial charge is 0.383 e. The number of hydrogen-bond acceptors (Lipinski definition) is 5. The molecule has 2 saturated heterocycles. The Balaban J connectivity index is 0.00000341. The molecule has 3 rings (SSSR count). The van der Waals surface area contributed by atoms with Crippen LogP contribution in [0.3, 0.4) is 0 Å². The lowest BCUT2D eigenvalue weighted by Gasteiger charge is -2.34. The van der Waals surface area contributed by atoms with E-state index in [-0.39, 0.29) is 24.0 Å². The SMILES string of the molecule is CCNC(=NCC1CCN(CCOC)CC1)NC1CCN(c2ccc(C)cn2)CC1.I. The number of guanidine groups is 1. The van der Waals surface area contributed by atoms with Crippen molar-refractivity contribution in [1.29, 1.82) is 0 Å². The number of ether oxygens (including phenoxy) is 1. The van der Waals surface area contributed by atoms with Crippen LogP contribution in [0.1, 0.15) is 38.2 Å². The first-order valence-corrected chi connectivity index (χ1v) is 11.6. The number of likely N-dealkylation sites (tertiary alicyclic amines) is 1. The van der Waals surface area contributed by atoms with Gasteiger partial charge in [-0.1, -0.05) is 6.07 Å². The standard InChI is InChI=1S/C23H40N6O.HI/c1-4-24-23(26-18-20-7-11-28(12-8-20)15-16-30-3)27-21-9-13-29(14-10-21)22-6-5-19(2)17-25-22;/h5-6,17,20-21H,4,7-16,18H2,1-3H3,(H2,24,26,27);1H. The highest BCUT2D eigenvalue weighted by molar-refractivity contribution is 14.0. The normalized spacial score (nSPS) is 19.2. The van der Waals surface area contributed by atoms with Crippen molar-refractivity contribution < 1.29 is 4.74 Å². The van der Waals surface area contributed by atoms with Crippen LogP contribution in [0.25, 0.3) is 0 Å². The number of aryl methyl sites for hydroxylation is 1. The minimum Gasteiger partial charge on any atom is -0.383 e. The van der Waals surface area contributed by atoms with E-state index in [2.05, 4.69) is 51.4 Å². The monoisotopic (exact) mass is 544 g/mol. The summed E-state index contributed by atoms with van der Waals surface area (Å²) >= 11 is 0. The third-order valence-electron chi connectivity index (χ3n) is 6.23. The lowest BCUT2D eigenvalue weighted by molar-refractivity contribution is 0.121. The average molecular weight is 545 g/mol. The van der Waals surface area contributed by atoms with E-state index >= 15 is 0 Å². The Kier molecular flexibility index (Phi) is 11.9. The summed E-state index contributed by atoms with van der Waals surface area (Å²) in [5, 5.41) is 7.12. The molecule has 2 aliphatic heterocycles. The van der Waals surface area contributed by atoms with Crippen LogP contribution in [0.2, 0.25) is 0 Å². The van der Waals surface area contributed by atoms with Crippen LogP contribution >= 0.6 is 24.0 Å². The van der Waals surface area contributed by atoms with E-state index in [0.717, 1.165) is 63.9 Å². The number of pyridine rings is 1. The van der Waals surface area contributed by atoms with E-state index in [9.17, 15) is 0 Å². The minimum atomic E-state index is 0. The predicted molar refractivity (Wildman–Crippen MR) is 140 cm³/mol. The first kappa shape index (κ1) is 26.1. The van der Waals surface area contributed by atoms with Gasteiger partial charge in [-0.2, -0.15) is 0 Å². The van der Waals surface area contributed by atoms with Crippen LogP contribution in [0.15, 0.2) is 23.3 Å². The lowest BCUT2D eigenvalue weighted by atomic mass is 9.97. The maximum absolute atomic E-state index is 5.20. The summed E-state index contributed by atoms with van der Waals surface area (Å²) in [6.07, 6.45) is 6.64. The van der Waals surface area contributed by atoms with Crippen LogP contribution in [-0.2, 0) is 4.74 Å². The van der Waals surface area contributed by atoms with E-state index in [1.54, 1.807) is 7.11 Å². The Morgan fingerprint density at radius 3 is 2.52 bits per heavy atom. The molecule has 8 heteroatoms. The molecule has 2 fully saturated rings. The maximum Gasteiger partial charge on any atom is 0.191 e. The van der Waals surface area contributed by atoms with Crippen LogP contribution in [-0.4, -0.2) is 81.4 Å². The van der Waals surface area contributed by atoms with Crippen molar-refractivity contribution >= 4 is 35.8 Å². The number of aliphatic imine (C=N–C) groups is 1. The van der Waals surface area contributed by atoms with Crippen LogP contribution in [0.5, 0.6) is 0 Å². The second-order valence-corrected chi connectivity index (χ2v) is 8.60. The first-order chi connectivity index (χ1) is 14.7. The number of hydrogen-bond donors (Lipinski definition) is 2.